The maximum absolute atomic E-state index is 12.9. The molecule has 1 aromatic carbocycles. The number of nitrogens with one attached hydrogen (secondary N) is 3. The number of fused-ring (bicyclic) bond motifs is 1. The van der Waals surface area contributed by atoms with Crippen LogP contribution in [0.5, 0.6) is 11.5 Å². The van der Waals surface area contributed by atoms with Crippen LogP contribution < -0.4 is 25.4 Å². The summed E-state index contributed by atoms with van der Waals surface area (Å²) in [7, 11) is 0. The van der Waals surface area contributed by atoms with Crippen LogP contribution in [-0.4, -0.2) is 55.1 Å². The van der Waals surface area contributed by atoms with Gasteiger partial charge in [0.05, 0.1) is 0 Å². The lowest BCUT2D eigenvalue weighted by Gasteiger charge is -2.25. The van der Waals surface area contributed by atoms with Gasteiger partial charge in [0.2, 0.25) is 5.91 Å². The van der Waals surface area contributed by atoms with Gasteiger partial charge in [0, 0.05) is 6.54 Å². The van der Waals surface area contributed by atoms with Crippen LogP contribution in [0.1, 0.15) is 26.3 Å². The molecule has 0 unspecified atom stereocenters. The third-order valence-corrected chi connectivity index (χ3v) is 4.62. The first-order chi connectivity index (χ1) is 13.7. The van der Waals surface area contributed by atoms with Crippen molar-refractivity contribution < 1.29 is 28.7 Å². The van der Waals surface area contributed by atoms with E-state index in [0.717, 1.165) is 4.90 Å². The molecule has 2 aliphatic rings. The number of nitrogens with zero attached hydrogens (tertiary/aromatic N) is 1. The molecule has 1 saturated heterocycles. The molecule has 156 valence electrons. The molecule has 3 rings (SSSR count). The van der Waals surface area contributed by atoms with Crippen LogP contribution in [0.25, 0.3) is 0 Å². The van der Waals surface area contributed by atoms with Crippen molar-refractivity contribution in [2.24, 2.45) is 5.92 Å². The number of hydrogen-bond donors (Lipinski definition) is 3. The Balaban J connectivity index is 1.69. The highest BCUT2D eigenvalue weighted by atomic mass is 16.6. The van der Waals surface area contributed by atoms with Gasteiger partial charge in [0.15, 0.2) is 11.5 Å². The zero-order chi connectivity index (χ0) is 21.2. The van der Waals surface area contributed by atoms with Crippen molar-refractivity contribution in [3.8, 4) is 11.5 Å². The smallest absolute Gasteiger partial charge is 0.325 e. The summed E-state index contributed by atoms with van der Waals surface area (Å²) in [6.07, 6.45) is 0. The minimum atomic E-state index is -1.37. The maximum Gasteiger partial charge on any atom is 0.325 e. The van der Waals surface area contributed by atoms with Gasteiger partial charge in [-0.2, -0.15) is 0 Å². The van der Waals surface area contributed by atoms with Crippen LogP contribution in [0.4, 0.5) is 9.59 Å². The Bertz CT molecular complexity index is 855. The van der Waals surface area contributed by atoms with E-state index in [1.807, 2.05) is 13.8 Å². The molecule has 1 aromatic rings. The van der Waals surface area contributed by atoms with Gasteiger partial charge in [-0.05, 0) is 30.5 Å². The largest absolute Gasteiger partial charge is 0.486 e. The quantitative estimate of drug-likeness (QED) is 0.621. The minimum Gasteiger partial charge on any atom is -0.486 e. The van der Waals surface area contributed by atoms with E-state index >= 15 is 0 Å². The van der Waals surface area contributed by atoms with Gasteiger partial charge in [0.1, 0.15) is 25.3 Å². The van der Waals surface area contributed by atoms with E-state index in [-0.39, 0.29) is 5.92 Å². The number of carbonyl (C=O) groups excluding carboxylic acids is 4. The van der Waals surface area contributed by atoms with Gasteiger partial charge in [-0.1, -0.05) is 19.9 Å². The molecule has 2 heterocycles. The fourth-order valence-electron chi connectivity index (χ4n) is 3.04. The topological polar surface area (TPSA) is 126 Å². The van der Waals surface area contributed by atoms with Crippen LogP contribution in [0, 0.1) is 5.92 Å². The number of rotatable bonds is 5. The number of ether oxygens (including phenoxy) is 2. The van der Waals surface area contributed by atoms with Crippen molar-refractivity contribution in [2.45, 2.75) is 26.3 Å². The minimum absolute atomic E-state index is 0.216. The van der Waals surface area contributed by atoms with Crippen LogP contribution in [0.2, 0.25) is 0 Å². The molecule has 10 nitrogen and oxygen atoms in total. The fraction of sp³-hybridized carbons (Fsp3) is 0.474. The Kier molecular flexibility index (Phi) is 5.62. The van der Waals surface area contributed by atoms with Crippen molar-refractivity contribution >= 4 is 23.9 Å². The summed E-state index contributed by atoms with van der Waals surface area (Å²) >= 11 is 0. The van der Waals surface area contributed by atoms with Gasteiger partial charge in [-0.15, -0.1) is 0 Å². The second-order valence-corrected chi connectivity index (χ2v) is 7.46. The van der Waals surface area contributed by atoms with E-state index in [1.54, 1.807) is 25.1 Å². The zero-order valence-electron chi connectivity index (χ0n) is 16.5. The molecule has 3 N–H and O–H groups in total. The van der Waals surface area contributed by atoms with Gasteiger partial charge in [-0.25, -0.2) is 9.59 Å². The van der Waals surface area contributed by atoms with Gasteiger partial charge in [-0.3, -0.25) is 19.8 Å². The summed E-state index contributed by atoms with van der Waals surface area (Å²) in [6.45, 7) is 6.02. The summed E-state index contributed by atoms with van der Waals surface area (Å²) in [5.41, 5.74) is -0.870. The summed E-state index contributed by atoms with van der Waals surface area (Å²) in [5, 5.41) is 7.26. The van der Waals surface area contributed by atoms with Crippen LogP contribution in [0.15, 0.2) is 18.2 Å². The molecule has 0 saturated carbocycles. The Hall–Kier alpha value is -3.30. The van der Waals surface area contributed by atoms with Crippen molar-refractivity contribution in [1.82, 2.24) is 20.9 Å². The normalized spacial score (nSPS) is 20.5. The molecular weight excluding hydrogens is 380 g/mol. The molecule has 0 aliphatic carbocycles. The van der Waals surface area contributed by atoms with Crippen molar-refractivity contribution in [3.05, 3.63) is 23.8 Å². The predicted molar refractivity (Wildman–Crippen MR) is 101 cm³/mol. The van der Waals surface area contributed by atoms with E-state index in [9.17, 15) is 19.2 Å². The first-order valence-corrected chi connectivity index (χ1v) is 9.32. The summed E-state index contributed by atoms with van der Waals surface area (Å²) < 4.78 is 11.0. The Labute approximate surface area is 167 Å². The van der Waals surface area contributed by atoms with E-state index in [2.05, 4.69) is 16.0 Å². The van der Waals surface area contributed by atoms with Crippen molar-refractivity contribution in [2.75, 3.05) is 26.3 Å². The second kappa shape index (κ2) is 7.98. The summed E-state index contributed by atoms with van der Waals surface area (Å²) in [4.78, 5) is 49.9. The van der Waals surface area contributed by atoms with Crippen LogP contribution in [-0.2, 0) is 15.1 Å². The molecule has 2 aliphatic heterocycles. The number of carbonyl (C=O) groups is 4. The molecular formula is C19H24N4O6. The maximum atomic E-state index is 12.9. The molecule has 0 spiro atoms. The number of benzene rings is 1. The predicted octanol–water partition coefficient (Wildman–Crippen LogP) is 0.707. The van der Waals surface area contributed by atoms with Crippen LogP contribution >= 0.6 is 0 Å². The molecule has 0 bridgehead atoms. The number of imide groups is 2. The average Bonchev–Trinajstić information content (AvgIpc) is 2.90. The molecule has 6 amide bonds. The summed E-state index contributed by atoms with van der Waals surface area (Å²) in [6, 6.07) is 3.57. The Morgan fingerprint density at radius 3 is 2.59 bits per heavy atom. The lowest BCUT2D eigenvalue weighted by molar-refractivity contribution is -0.134. The second-order valence-electron chi connectivity index (χ2n) is 7.46. The fourth-order valence-corrected chi connectivity index (χ4v) is 3.04. The van der Waals surface area contributed by atoms with E-state index < -0.39 is 36.0 Å². The Morgan fingerprint density at radius 2 is 1.90 bits per heavy atom. The molecule has 29 heavy (non-hydrogen) atoms. The lowest BCUT2D eigenvalue weighted by Crippen LogP contribution is -2.47. The molecule has 1 atom stereocenters. The third-order valence-electron chi connectivity index (χ3n) is 4.62. The molecule has 0 radical (unpaired) electrons. The molecule has 10 heteroatoms. The van der Waals surface area contributed by atoms with Gasteiger partial charge in [0.25, 0.3) is 5.91 Å². The highest BCUT2D eigenvalue weighted by Gasteiger charge is 2.49. The van der Waals surface area contributed by atoms with E-state index in [4.69, 9.17) is 9.47 Å². The first-order valence-electron chi connectivity index (χ1n) is 9.32. The zero-order valence-corrected chi connectivity index (χ0v) is 16.5. The average molecular weight is 404 g/mol. The van der Waals surface area contributed by atoms with Gasteiger partial charge >= 0.3 is 12.1 Å². The van der Waals surface area contributed by atoms with E-state index in [1.165, 1.54) is 0 Å². The highest BCUT2D eigenvalue weighted by molar-refractivity contribution is 6.10. The lowest BCUT2D eigenvalue weighted by atomic mass is 9.91. The van der Waals surface area contributed by atoms with Gasteiger partial charge < -0.3 is 20.1 Å². The van der Waals surface area contributed by atoms with Crippen molar-refractivity contribution in [3.63, 3.8) is 0 Å². The monoisotopic (exact) mass is 404 g/mol. The number of hydrogen-bond acceptors (Lipinski definition) is 6. The third kappa shape index (κ3) is 4.25. The van der Waals surface area contributed by atoms with Crippen molar-refractivity contribution in [1.29, 1.82) is 0 Å². The summed E-state index contributed by atoms with van der Waals surface area (Å²) in [5.74, 6) is -0.106. The first kappa shape index (κ1) is 20.4. The molecule has 0 aromatic heterocycles. The standard InChI is InChI=1S/C19H24N4O6/c1-11(2)9-20-17(26)21-15(24)10-23-16(25)19(3,22-18(23)27)12-4-5-13-14(8-12)29-7-6-28-13/h4-5,8,11H,6-7,9-10H2,1-3H3,(H,22,27)(H2,20,21,24,26)/t19-/m1/s1. The van der Waals surface area contributed by atoms with Crippen LogP contribution in [0.3, 0.4) is 0 Å². The van der Waals surface area contributed by atoms with E-state index in [0.29, 0.717) is 36.8 Å². The number of urea groups is 2. The SMILES string of the molecule is CC(C)CNC(=O)NC(=O)CN1C(=O)N[C@](C)(c2ccc3c(c2)OCCO3)C1=O. The Morgan fingerprint density at radius 1 is 1.21 bits per heavy atom. The number of amides is 6. The highest BCUT2D eigenvalue weighted by Crippen LogP contribution is 2.36. The molecule has 1 fully saturated rings.